The van der Waals surface area contributed by atoms with Crippen molar-refractivity contribution in [1.82, 2.24) is 4.90 Å². The van der Waals surface area contributed by atoms with Gasteiger partial charge in [0.1, 0.15) is 0 Å². The lowest BCUT2D eigenvalue weighted by atomic mass is 9.91. The Bertz CT molecular complexity index is 569. The fraction of sp³-hybridized carbons (Fsp3) is 0.611. The number of nitriles is 1. The number of halogens is 1. The Hall–Kier alpha value is -1.08. The molecule has 3 nitrogen and oxygen atoms in total. The molecule has 1 unspecified atom stereocenters. The maximum atomic E-state index is 9.10. The summed E-state index contributed by atoms with van der Waals surface area (Å²) in [5.41, 5.74) is 1.85. The number of ether oxygens (including phenoxy) is 1. The molecule has 0 aliphatic carbocycles. The van der Waals surface area contributed by atoms with Gasteiger partial charge >= 0.3 is 0 Å². The van der Waals surface area contributed by atoms with Gasteiger partial charge in [0.2, 0.25) is 0 Å². The van der Waals surface area contributed by atoms with Crippen LogP contribution in [0.3, 0.4) is 0 Å². The van der Waals surface area contributed by atoms with Gasteiger partial charge in [-0.1, -0.05) is 18.0 Å². The Balaban J connectivity index is 1.72. The SMILES string of the molecule is COC[C@H]1C[C@H]2CCCC(Cc3cc(Cl)cc(C#N)c3)N2C1. The molecule has 2 aliphatic rings. The summed E-state index contributed by atoms with van der Waals surface area (Å²) in [6, 6.07) is 9.22. The zero-order valence-electron chi connectivity index (χ0n) is 13.1. The highest BCUT2D eigenvalue weighted by molar-refractivity contribution is 6.30. The van der Waals surface area contributed by atoms with Crippen LogP contribution in [0, 0.1) is 17.2 Å². The van der Waals surface area contributed by atoms with Gasteiger partial charge in [-0.15, -0.1) is 0 Å². The van der Waals surface area contributed by atoms with E-state index in [0.717, 1.165) is 19.6 Å². The van der Waals surface area contributed by atoms with Crippen LogP contribution in [0.5, 0.6) is 0 Å². The van der Waals surface area contributed by atoms with Crippen LogP contribution in [0.2, 0.25) is 5.02 Å². The number of fused-ring (bicyclic) bond motifs is 1. The zero-order chi connectivity index (χ0) is 15.5. The van der Waals surface area contributed by atoms with Gasteiger partial charge < -0.3 is 4.74 Å². The number of benzene rings is 1. The molecule has 1 aromatic carbocycles. The number of rotatable bonds is 4. The van der Waals surface area contributed by atoms with Crippen molar-refractivity contribution in [3.8, 4) is 6.07 Å². The molecule has 0 aromatic heterocycles. The van der Waals surface area contributed by atoms with E-state index in [1.54, 1.807) is 13.2 Å². The van der Waals surface area contributed by atoms with E-state index in [2.05, 4.69) is 11.0 Å². The van der Waals surface area contributed by atoms with Crippen LogP contribution in [0.25, 0.3) is 0 Å². The maximum Gasteiger partial charge on any atom is 0.0992 e. The van der Waals surface area contributed by atoms with E-state index in [1.807, 2.05) is 12.1 Å². The van der Waals surface area contributed by atoms with E-state index in [1.165, 1.54) is 31.2 Å². The fourth-order valence-electron chi connectivity index (χ4n) is 4.21. The largest absolute Gasteiger partial charge is 0.384 e. The quantitative estimate of drug-likeness (QED) is 0.850. The predicted octanol–water partition coefficient (Wildman–Crippen LogP) is 3.64. The zero-order valence-corrected chi connectivity index (χ0v) is 13.9. The number of hydrogen-bond donors (Lipinski definition) is 0. The molecule has 0 N–H and O–H groups in total. The first kappa shape index (κ1) is 15.8. The number of hydrogen-bond acceptors (Lipinski definition) is 3. The predicted molar refractivity (Wildman–Crippen MR) is 88.0 cm³/mol. The lowest BCUT2D eigenvalue weighted by Gasteiger charge is -2.38. The third-order valence-electron chi connectivity index (χ3n) is 5.05. The van der Waals surface area contributed by atoms with Crippen molar-refractivity contribution in [2.45, 2.75) is 44.2 Å². The van der Waals surface area contributed by atoms with Crippen molar-refractivity contribution in [1.29, 1.82) is 5.26 Å². The third-order valence-corrected chi connectivity index (χ3v) is 5.27. The normalized spacial score (nSPS) is 28.3. The lowest BCUT2D eigenvalue weighted by Crippen LogP contribution is -2.44. The van der Waals surface area contributed by atoms with E-state index in [9.17, 15) is 0 Å². The number of methoxy groups -OCH3 is 1. The molecule has 3 atom stereocenters. The Morgan fingerprint density at radius 1 is 1.36 bits per heavy atom. The first-order valence-corrected chi connectivity index (χ1v) is 8.51. The van der Waals surface area contributed by atoms with Crippen LogP contribution in [0.4, 0.5) is 0 Å². The summed E-state index contributed by atoms with van der Waals surface area (Å²) in [6.45, 7) is 2.02. The minimum atomic E-state index is 0.575. The van der Waals surface area contributed by atoms with Crippen LogP contribution < -0.4 is 0 Å². The average molecular weight is 319 g/mol. The average Bonchev–Trinajstić information content (AvgIpc) is 2.90. The molecule has 0 amide bonds. The Morgan fingerprint density at radius 3 is 3.00 bits per heavy atom. The highest BCUT2D eigenvalue weighted by Gasteiger charge is 2.38. The third kappa shape index (κ3) is 3.46. The van der Waals surface area contributed by atoms with Crippen LogP contribution in [-0.4, -0.2) is 37.2 Å². The van der Waals surface area contributed by atoms with E-state index in [0.29, 0.717) is 28.6 Å². The molecule has 0 spiro atoms. The molecule has 2 heterocycles. The molecule has 118 valence electrons. The van der Waals surface area contributed by atoms with E-state index in [4.69, 9.17) is 21.6 Å². The molecule has 2 fully saturated rings. The first-order valence-electron chi connectivity index (χ1n) is 8.14. The van der Waals surface area contributed by atoms with E-state index in [-0.39, 0.29) is 0 Å². The van der Waals surface area contributed by atoms with Gasteiger partial charge in [-0.05, 0) is 55.4 Å². The summed E-state index contributed by atoms with van der Waals surface area (Å²) < 4.78 is 5.35. The smallest absolute Gasteiger partial charge is 0.0992 e. The number of nitrogens with zero attached hydrogens (tertiary/aromatic N) is 2. The summed E-state index contributed by atoms with van der Waals surface area (Å²) in [5, 5.41) is 9.77. The van der Waals surface area contributed by atoms with E-state index < -0.39 is 0 Å². The molecule has 3 rings (SSSR count). The highest BCUT2D eigenvalue weighted by atomic mass is 35.5. The monoisotopic (exact) mass is 318 g/mol. The summed E-state index contributed by atoms with van der Waals surface area (Å²) >= 11 is 6.14. The summed E-state index contributed by atoms with van der Waals surface area (Å²) in [7, 11) is 1.80. The van der Waals surface area contributed by atoms with Gasteiger partial charge in [-0.25, -0.2) is 0 Å². The Kier molecular flexibility index (Phi) is 5.03. The van der Waals surface area contributed by atoms with Crippen molar-refractivity contribution in [2.75, 3.05) is 20.3 Å². The van der Waals surface area contributed by atoms with Crippen molar-refractivity contribution in [3.05, 3.63) is 34.3 Å². The van der Waals surface area contributed by atoms with Crippen molar-refractivity contribution < 1.29 is 4.74 Å². The molecule has 22 heavy (non-hydrogen) atoms. The summed E-state index contributed by atoms with van der Waals surface area (Å²) in [4.78, 5) is 2.68. The summed E-state index contributed by atoms with van der Waals surface area (Å²) in [5.74, 6) is 0.671. The maximum absolute atomic E-state index is 9.10. The minimum absolute atomic E-state index is 0.575. The van der Waals surface area contributed by atoms with Gasteiger partial charge in [0.25, 0.3) is 0 Å². The summed E-state index contributed by atoms with van der Waals surface area (Å²) in [6.07, 6.45) is 6.12. The highest BCUT2D eigenvalue weighted by Crippen LogP contribution is 2.35. The second kappa shape index (κ2) is 7.00. The van der Waals surface area contributed by atoms with Gasteiger partial charge in [0.15, 0.2) is 0 Å². The molecule has 0 bridgehead atoms. The lowest BCUT2D eigenvalue weighted by molar-refractivity contribution is 0.114. The van der Waals surface area contributed by atoms with Crippen molar-refractivity contribution in [2.24, 2.45) is 5.92 Å². The Morgan fingerprint density at radius 2 is 2.23 bits per heavy atom. The molecule has 2 aliphatic heterocycles. The van der Waals surface area contributed by atoms with Gasteiger partial charge in [0.05, 0.1) is 18.2 Å². The number of piperidine rings is 1. The van der Waals surface area contributed by atoms with Crippen LogP contribution in [0.1, 0.15) is 36.8 Å². The standard InChI is InChI=1S/C18H23ClN2O/c1-22-12-15-9-18-4-2-3-17(21(18)11-15)8-13-5-14(10-20)7-16(19)6-13/h5-7,15,17-18H,2-4,8-9,11-12H2,1H3/t15-,17?,18+/m0/s1. The molecule has 2 saturated heterocycles. The second-order valence-electron chi connectivity index (χ2n) is 6.66. The Labute approximate surface area is 137 Å². The molecular weight excluding hydrogens is 296 g/mol. The van der Waals surface area contributed by atoms with Crippen molar-refractivity contribution >= 4 is 11.6 Å². The molecule has 1 aromatic rings. The first-order chi connectivity index (χ1) is 10.7. The van der Waals surface area contributed by atoms with E-state index >= 15 is 0 Å². The van der Waals surface area contributed by atoms with Crippen LogP contribution in [0.15, 0.2) is 18.2 Å². The van der Waals surface area contributed by atoms with Crippen molar-refractivity contribution in [3.63, 3.8) is 0 Å². The van der Waals surface area contributed by atoms with Gasteiger partial charge in [-0.2, -0.15) is 5.26 Å². The molecule has 0 saturated carbocycles. The van der Waals surface area contributed by atoms with Crippen LogP contribution in [-0.2, 0) is 11.2 Å². The second-order valence-corrected chi connectivity index (χ2v) is 7.09. The minimum Gasteiger partial charge on any atom is -0.384 e. The topological polar surface area (TPSA) is 36.3 Å². The molecule has 4 heteroatoms. The van der Waals surface area contributed by atoms with Crippen LogP contribution >= 0.6 is 11.6 Å². The fourth-order valence-corrected chi connectivity index (χ4v) is 4.47. The van der Waals surface area contributed by atoms with Gasteiger partial charge in [-0.3, -0.25) is 4.90 Å². The molecule has 0 radical (unpaired) electrons. The van der Waals surface area contributed by atoms with Gasteiger partial charge in [0, 0.05) is 30.8 Å². The molecular formula is C18H23ClN2O.